The molecule has 2 rings (SSSR count). The summed E-state index contributed by atoms with van der Waals surface area (Å²) in [5.41, 5.74) is 1.32. The normalized spacial score (nSPS) is 10.0. The van der Waals surface area contributed by atoms with Gasteiger partial charge in [0.15, 0.2) is 0 Å². The van der Waals surface area contributed by atoms with Crippen LogP contribution in [0.4, 0.5) is 5.95 Å². The van der Waals surface area contributed by atoms with Crippen molar-refractivity contribution in [2.75, 3.05) is 11.9 Å². The van der Waals surface area contributed by atoms with Crippen LogP contribution in [0.1, 0.15) is 15.9 Å². The molecule has 1 heterocycles. The summed E-state index contributed by atoms with van der Waals surface area (Å²) >= 11 is 0. The van der Waals surface area contributed by atoms with Crippen molar-refractivity contribution in [2.45, 2.75) is 6.42 Å². The number of carboxylic acid groups (broad SMARTS) is 1. The lowest BCUT2D eigenvalue weighted by Crippen LogP contribution is -2.08. The molecule has 0 amide bonds. The Morgan fingerprint density at radius 2 is 1.83 bits per heavy atom. The Morgan fingerprint density at radius 3 is 2.44 bits per heavy atom. The van der Waals surface area contributed by atoms with Gasteiger partial charge in [-0.25, -0.2) is 14.8 Å². The average Bonchev–Trinajstić information content (AvgIpc) is 2.40. The Bertz CT molecular complexity index is 512. The Kier molecular flexibility index (Phi) is 3.86. The van der Waals surface area contributed by atoms with Gasteiger partial charge >= 0.3 is 5.97 Å². The van der Waals surface area contributed by atoms with Gasteiger partial charge in [-0.05, 0) is 12.0 Å². The first kappa shape index (κ1) is 12.0. The summed E-state index contributed by atoms with van der Waals surface area (Å²) in [6, 6.07) is 10.1. The molecular weight excluding hydrogens is 230 g/mol. The zero-order chi connectivity index (χ0) is 12.8. The van der Waals surface area contributed by atoms with Crippen LogP contribution < -0.4 is 5.32 Å². The number of aromatic nitrogens is 2. The SMILES string of the molecule is O=C(O)c1cnc(NCCc2ccccc2)nc1. The molecule has 2 aromatic rings. The lowest BCUT2D eigenvalue weighted by atomic mass is 10.1. The fourth-order valence-corrected chi connectivity index (χ4v) is 1.49. The quantitative estimate of drug-likeness (QED) is 0.838. The molecule has 92 valence electrons. The van der Waals surface area contributed by atoms with Crippen LogP contribution in [0.3, 0.4) is 0 Å². The zero-order valence-electron chi connectivity index (χ0n) is 9.71. The summed E-state index contributed by atoms with van der Waals surface area (Å²) in [5.74, 6) is -0.582. The summed E-state index contributed by atoms with van der Waals surface area (Å²) in [6.45, 7) is 0.705. The van der Waals surface area contributed by atoms with Crippen LogP contribution in [0.15, 0.2) is 42.7 Å². The first-order valence-corrected chi connectivity index (χ1v) is 5.59. The molecule has 0 atom stereocenters. The van der Waals surface area contributed by atoms with E-state index < -0.39 is 5.97 Å². The number of nitrogens with zero attached hydrogens (tertiary/aromatic N) is 2. The molecule has 1 aromatic heterocycles. The molecule has 0 bridgehead atoms. The molecule has 18 heavy (non-hydrogen) atoms. The molecule has 2 N–H and O–H groups in total. The number of benzene rings is 1. The summed E-state index contributed by atoms with van der Waals surface area (Å²) < 4.78 is 0. The first-order valence-electron chi connectivity index (χ1n) is 5.59. The highest BCUT2D eigenvalue weighted by Crippen LogP contribution is 2.02. The number of anilines is 1. The van der Waals surface area contributed by atoms with E-state index in [0.29, 0.717) is 12.5 Å². The van der Waals surface area contributed by atoms with Crippen LogP contribution in [-0.2, 0) is 6.42 Å². The monoisotopic (exact) mass is 243 g/mol. The molecule has 0 aliphatic rings. The maximum absolute atomic E-state index is 10.6. The molecule has 0 saturated carbocycles. The Morgan fingerprint density at radius 1 is 1.17 bits per heavy atom. The van der Waals surface area contributed by atoms with E-state index in [1.165, 1.54) is 18.0 Å². The van der Waals surface area contributed by atoms with E-state index in [4.69, 9.17) is 5.11 Å². The number of hydrogen-bond donors (Lipinski definition) is 2. The number of carboxylic acids is 1. The highest BCUT2D eigenvalue weighted by Gasteiger charge is 2.03. The van der Waals surface area contributed by atoms with Crippen LogP contribution in [0.2, 0.25) is 0 Å². The van der Waals surface area contributed by atoms with Crippen molar-refractivity contribution in [1.82, 2.24) is 9.97 Å². The summed E-state index contributed by atoms with van der Waals surface area (Å²) in [5, 5.41) is 11.7. The van der Waals surface area contributed by atoms with Crippen molar-refractivity contribution < 1.29 is 9.90 Å². The number of aromatic carboxylic acids is 1. The van der Waals surface area contributed by atoms with Gasteiger partial charge in [-0.3, -0.25) is 0 Å². The van der Waals surface area contributed by atoms with E-state index >= 15 is 0 Å². The van der Waals surface area contributed by atoms with Gasteiger partial charge in [0.2, 0.25) is 5.95 Å². The fraction of sp³-hybridized carbons (Fsp3) is 0.154. The Balaban J connectivity index is 1.85. The third-order valence-corrected chi connectivity index (χ3v) is 2.44. The standard InChI is InChI=1S/C13H13N3O2/c17-12(18)11-8-15-13(16-9-11)14-7-6-10-4-2-1-3-5-10/h1-5,8-9H,6-7H2,(H,17,18)(H,14,15,16). The second kappa shape index (κ2) is 5.77. The second-order valence-corrected chi connectivity index (χ2v) is 3.76. The van der Waals surface area contributed by atoms with Gasteiger partial charge in [0.1, 0.15) is 0 Å². The third-order valence-electron chi connectivity index (χ3n) is 2.44. The van der Waals surface area contributed by atoms with Crippen molar-refractivity contribution >= 4 is 11.9 Å². The molecule has 0 radical (unpaired) electrons. The van der Waals surface area contributed by atoms with Crippen LogP contribution in [-0.4, -0.2) is 27.6 Å². The van der Waals surface area contributed by atoms with E-state index in [9.17, 15) is 4.79 Å². The molecular formula is C13H13N3O2. The predicted octanol–water partition coefficient (Wildman–Crippen LogP) is 1.83. The molecule has 0 aliphatic carbocycles. The largest absolute Gasteiger partial charge is 0.478 e. The lowest BCUT2D eigenvalue weighted by Gasteiger charge is -2.04. The smallest absolute Gasteiger partial charge is 0.338 e. The number of nitrogens with one attached hydrogen (secondary N) is 1. The highest BCUT2D eigenvalue weighted by atomic mass is 16.4. The molecule has 1 aromatic carbocycles. The zero-order valence-corrected chi connectivity index (χ0v) is 9.71. The van der Waals surface area contributed by atoms with Crippen molar-refractivity contribution in [2.24, 2.45) is 0 Å². The van der Waals surface area contributed by atoms with Crippen LogP contribution in [0.5, 0.6) is 0 Å². The van der Waals surface area contributed by atoms with Gasteiger partial charge < -0.3 is 10.4 Å². The van der Waals surface area contributed by atoms with Gasteiger partial charge in [-0.15, -0.1) is 0 Å². The van der Waals surface area contributed by atoms with Gasteiger partial charge in [0.25, 0.3) is 0 Å². The molecule has 0 spiro atoms. The van der Waals surface area contributed by atoms with Crippen LogP contribution in [0.25, 0.3) is 0 Å². The summed E-state index contributed by atoms with van der Waals surface area (Å²) in [6.07, 6.45) is 3.45. The second-order valence-electron chi connectivity index (χ2n) is 3.76. The lowest BCUT2D eigenvalue weighted by molar-refractivity contribution is 0.0696. The van der Waals surface area contributed by atoms with Crippen molar-refractivity contribution in [3.05, 3.63) is 53.9 Å². The Hall–Kier alpha value is -2.43. The number of hydrogen-bond acceptors (Lipinski definition) is 4. The third kappa shape index (κ3) is 3.28. The van der Waals surface area contributed by atoms with Crippen LogP contribution >= 0.6 is 0 Å². The van der Waals surface area contributed by atoms with Gasteiger partial charge in [0, 0.05) is 18.9 Å². The van der Waals surface area contributed by atoms with E-state index in [0.717, 1.165) is 6.42 Å². The van der Waals surface area contributed by atoms with E-state index in [2.05, 4.69) is 27.4 Å². The van der Waals surface area contributed by atoms with E-state index in [1.54, 1.807) is 0 Å². The molecule has 0 saturated heterocycles. The van der Waals surface area contributed by atoms with E-state index in [-0.39, 0.29) is 5.56 Å². The highest BCUT2D eigenvalue weighted by molar-refractivity contribution is 5.86. The maximum Gasteiger partial charge on any atom is 0.338 e. The molecule has 5 nitrogen and oxygen atoms in total. The maximum atomic E-state index is 10.6. The Labute approximate surface area is 105 Å². The van der Waals surface area contributed by atoms with E-state index in [1.807, 2.05) is 18.2 Å². The van der Waals surface area contributed by atoms with Crippen molar-refractivity contribution in [3.8, 4) is 0 Å². The molecule has 0 unspecified atom stereocenters. The van der Waals surface area contributed by atoms with Crippen molar-refractivity contribution in [3.63, 3.8) is 0 Å². The van der Waals surface area contributed by atoms with Gasteiger partial charge in [0.05, 0.1) is 5.56 Å². The number of rotatable bonds is 5. The number of carbonyl (C=O) groups is 1. The summed E-state index contributed by atoms with van der Waals surface area (Å²) in [7, 11) is 0. The van der Waals surface area contributed by atoms with Crippen molar-refractivity contribution in [1.29, 1.82) is 0 Å². The average molecular weight is 243 g/mol. The topological polar surface area (TPSA) is 75.1 Å². The predicted molar refractivity (Wildman–Crippen MR) is 67.6 cm³/mol. The molecule has 0 fully saturated rings. The minimum atomic E-state index is -1.02. The molecule has 5 heteroatoms. The fourth-order valence-electron chi connectivity index (χ4n) is 1.49. The summed E-state index contributed by atoms with van der Waals surface area (Å²) in [4.78, 5) is 18.5. The first-order chi connectivity index (χ1) is 8.75. The minimum absolute atomic E-state index is 0.0867. The van der Waals surface area contributed by atoms with Gasteiger partial charge in [-0.1, -0.05) is 30.3 Å². The molecule has 0 aliphatic heterocycles. The van der Waals surface area contributed by atoms with Gasteiger partial charge in [-0.2, -0.15) is 0 Å². The van der Waals surface area contributed by atoms with Crippen LogP contribution in [0, 0.1) is 0 Å². The minimum Gasteiger partial charge on any atom is -0.478 e.